The molecule has 0 aromatic carbocycles. The number of hydrogen-bond acceptors (Lipinski definition) is 5. The maximum absolute atomic E-state index is 9.39. The van der Waals surface area contributed by atoms with Crippen LogP contribution in [0.1, 0.15) is 0 Å². The molecular formula is C12H22O5. The van der Waals surface area contributed by atoms with Gasteiger partial charge in [-0.1, -0.05) is 12.2 Å². The second-order valence-corrected chi connectivity index (χ2v) is 3.50. The minimum absolute atomic E-state index is 0.121. The van der Waals surface area contributed by atoms with Gasteiger partial charge in [0.05, 0.1) is 39.6 Å². The molecule has 0 saturated heterocycles. The van der Waals surface area contributed by atoms with Gasteiger partial charge in [-0.15, -0.1) is 13.2 Å². The van der Waals surface area contributed by atoms with Gasteiger partial charge in [-0.05, 0) is 0 Å². The maximum Gasteiger partial charge on any atom is 0.101 e. The molecule has 2 atom stereocenters. The molecule has 0 aromatic heterocycles. The Morgan fingerprint density at radius 3 is 1.47 bits per heavy atom. The van der Waals surface area contributed by atoms with Gasteiger partial charge >= 0.3 is 0 Å². The summed E-state index contributed by atoms with van der Waals surface area (Å²) in [5.74, 6) is 0. The average Bonchev–Trinajstić information content (AvgIpc) is 2.30. The third kappa shape index (κ3) is 11.5. The Bertz CT molecular complexity index is 175. The highest BCUT2D eigenvalue weighted by Crippen LogP contribution is 1.92. The number of aliphatic hydroxyl groups excluding tert-OH is 2. The lowest BCUT2D eigenvalue weighted by Crippen LogP contribution is -2.27. The van der Waals surface area contributed by atoms with Crippen LogP contribution in [0.3, 0.4) is 0 Å². The van der Waals surface area contributed by atoms with Gasteiger partial charge in [-0.3, -0.25) is 0 Å². The Kier molecular flexibility index (Phi) is 11.3. The van der Waals surface area contributed by atoms with Crippen molar-refractivity contribution < 1.29 is 24.4 Å². The molecule has 0 spiro atoms. The number of rotatable bonds is 12. The van der Waals surface area contributed by atoms with Crippen molar-refractivity contribution in [1.29, 1.82) is 0 Å². The fraction of sp³-hybridized carbons (Fsp3) is 0.667. The molecule has 0 radical (unpaired) electrons. The monoisotopic (exact) mass is 246 g/mol. The molecule has 0 saturated carbocycles. The second-order valence-electron chi connectivity index (χ2n) is 3.50. The minimum atomic E-state index is -0.698. The Morgan fingerprint density at radius 2 is 1.12 bits per heavy atom. The highest BCUT2D eigenvalue weighted by molar-refractivity contribution is 4.65. The van der Waals surface area contributed by atoms with Gasteiger partial charge in [-0.2, -0.15) is 0 Å². The Labute approximate surface area is 102 Å². The zero-order valence-electron chi connectivity index (χ0n) is 10.1. The van der Waals surface area contributed by atoms with E-state index in [4.69, 9.17) is 14.2 Å². The van der Waals surface area contributed by atoms with Crippen molar-refractivity contribution in [2.75, 3.05) is 39.6 Å². The molecule has 0 aliphatic rings. The number of ether oxygens (including phenoxy) is 3. The van der Waals surface area contributed by atoms with Crippen LogP contribution >= 0.6 is 0 Å². The molecule has 0 aromatic rings. The van der Waals surface area contributed by atoms with Gasteiger partial charge in [0.25, 0.3) is 0 Å². The van der Waals surface area contributed by atoms with Crippen LogP contribution in [0.25, 0.3) is 0 Å². The standard InChI is InChI=1S/C12H22O5/c1-3-5-15-7-11(13)9-17-10-12(14)8-16-6-4-2/h3-4,11-14H,1-2,5-10H2. The molecular weight excluding hydrogens is 224 g/mol. The Morgan fingerprint density at radius 1 is 0.765 bits per heavy atom. The second kappa shape index (κ2) is 11.8. The first-order valence-corrected chi connectivity index (χ1v) is 5.51. The van der Waals surface area contributed by atoms with Crippen molar-refractivity contribution >= 4 is 0 Å². The van der Waals surface area contributed by atoms with Crippen LogP contribution in [0.4, 0.5) is 0 Å². The van der Waals surface area contributed by atoms with E-state index in [9.17, 15) is 10.2 Å². The summed E-state index contributed by atoms with van der Waals surface area (Å²) in [6, 6.07) is 0. The van der Waals surface area contributed by atoms with E-state index in [1.54, 1.807) is 12.2 Å². The van der Waals surface area contributed by atoms with Crippen LogP contribution in [0.15, 0.2) is 25.3 Å². The third-order valence-corrected chi connectivity index (χ3v) is 1.71. The summed E-state index contributed by atoms with van der Waals surface area (Å²) >= 11 is 0. The number of aliphatic hydroxyl groups is 2. The first kappa shape index (κ1) is 16.3. The Balaban J connectivity index is 3.35. The topological polar surface area (TPSA) is 68.2 Å². The lowest BCUT2D eigenvalue weighted by atomic mass is 10.4. The van der Waals surface area contributed by atoms with Crippen LogP contribution < -0.4 is 0 Å². The molecule has 17 heavy (non-hydrogen) atoms. The predicted molar refractivity (Wildman–Crippen MR) is 64.9 cm³/mol. The summed E-state index contributed by atoms with van der Waals surface area (Å²) in [6.07, 6.45) is 1.82. The molecule has 0 aliphatic carbocycles. The molecule has 0 aliphatic heterocycles. The normalized spacial score (nSPS) is 14.2. The molecule has 0 heterocycles. The van der Waals surface area contributed by atoms with Crippen molar-refractivity contribution in [1.82, 2.24) is 0 Å². The zero-order chi connectivity index (χ0) is 12.9. The molecule has 5 heteroatoms. The van der Waals surface area contributed by atoms with Crippen molar-refractivity contribution in [3.63, 3.8) is 0 Å². The summed E-state index contributed by atoms with van der Waals surface area (Å²) in [6.45, 7) is 8.39. The summed E-state index contributed by atoms with van der Waals surface area (Å²) in [7, 11) is 0. The largest absolute Gasteiger partial charge is 0.388 e. The van der Waals surface area contributed by atoms with E-state index in [0.29, 0.717) is 13.2 Å². The Hall–Kier alpha value is -0.720. The smallest absolute Gasteiger partial charge is 0.101 e. The fourth-order valence-corrected chi connectivity index (χ4v) is 1.01. The van der Waals surface area contributed by atoms with E-state index in [-0.39, 0.29) is 26.4 Å². The van der Waals surface area contributed by atoms with Crippen molar-refractivity contribution in [2.45, 2.75) is 12.2 Å². The van der Waals surface area contributed by atoms with E-state index in [1.165, 1.54) is 0 Å². The first-order valence-electron chi connectivity index (χ1n) is 5.51. The van der Waals surface area contributed by atoms with E-state index in [0.717, 1.165) is 0 Å². The summed E-state index contributed by atoms with van der Waals surface area (Å²) < 4.78 is 15.2. The van der Waals surface area contributed by atoms with Gasteiger partial charge in [-0.25, -0.2) is 0 Å². The summed E-state index contributed by atoms with van der Waals surface area (Å²) in [5.41, 5.74) is 0. The van der Waals surface area contributed by atoms with Crippen LogP contribution in [0, 0.1) is 0 Å². The highest BCUT2D eigenvalue weighted by Gasteiger charge is 2.07. The maximum atomic E-state index is 9.39. The molecule has 2 unspecified atom stereocenters. The molecule has 100 valence electrons. The third-order valence-electron chi connectivity index (χ3n) is 1.71. The van der Waals surface area contributed by atoms with Gasteiger partial charge in [0.15, 0.2) is 0 Å². The van der Waals surface area contributed by atoms with Crippen LogP contribution in [-0.2, 0) is 14.2 Å². The highest BCUT2D eigenvalue weighted by atomic mass is 16.5. The van der Waals surface area contributed by atoms with E-state index in [2.05, 4.69) is 13.2 Å². The number of hydrogen-bond donors (Lipinski definition) is 2. The lowest BCUT2D eigenvalue weighted by molar-refractivity contribution is -0.0518. The SMILES string of the molecule is C=CCOCC(O)COCC(O)COCC=C. The van der Waals surface area contributed by atoms with Crippen molar-refractivity contribution in [3.8, 4) is 0 Å². The van der Waals surface area contributed by atoms with Gasteiger partial charge in [0.1, 0.15) is 12.2 Å². The van der Waals surface area contributed by atoms with Crippen LogP contribution in [0.5, 0.6) is 0 Å². The van der Waals surface area contributed by atoms with Crippen LogP contribution in [-0.4, -0.2) is 62.1 Å². The van der Waals surface area contributed by atoms with E-state index >= 15 is 0 Å². The van der Waals surface area contributed by atoms with Crippen molar-refractivity contribution in [2.24, 2.45) is 0 Å². The fourth-order valence-electron chi connectivity index (χ4n) is 1.01. The van der Waals surface area contributed by atoms with Crippen LogP contribution in [0.2, 0.25) is 0 Å². The lowest BCUT2D eigenvalue weighted by Gasteiger charge is -2.14. The van der Waals surface area contributed by atoms with Gasteiger partial charge in [0, 0.05) is 0 Å². The average molecular weight is 246 g/mol. The van der Waals surface area contributed by atoms with Gasteiger partial charge < -0.3 is 24.4 Å². The molecule has 5 nitrogen and oxygen atoms in total. The van der Waals surface area contributed by atoms with Gasteiger partial charge in [0.2, 0.25) is 0 Å². The molecule has 2 N–H and O–H groups in total. The first-order chi connectivity index (χ1) is 8.20. The molecule has 0 rings (SSSR count). The summed E-state index contributed by atoms with van der Waals surface area (Å²) in [5, 5.41) is 18.8. The van der Waals surface area contributed by atoms with E-state index in [1.807, 2.05) is 0 Å². The molecule has 0 amide bonds. The molecule has 0 fully saturated rings. The van der Waals surface area contributed by atoms with E-state index < -0.39 is 12.2 Å². The van der Waals surface area contributed by atoms with Crippen molar-refractivity contribution in [3.05, 3.63) is 25.3 Å². The molecule has 0 bridgehead atoms. The quantitative estimate of drug-likeness (QED) is 0.378. The predicted octanol–water partition coefficient (Wildman–Crippen LogP) is 0.130. The summed E-state index contributed by atoms with van der Waals surface area (Å²) in [4.78, 5) is 0. The minimum Gasteiger partial charge on any atom is -0.388 e. The zero-order valence-corrected chi connectivity index (χ0v) is 10.1.